The van der Waals surface area contributed by atoms with Gasteiger partial charge >= 0.3 is 0 Å². The number of hydrogen-bond donors (Lipinski definition) is 0. The number of aromatic nitrogens is 2. The fourth-order valence-corrected chi connectivity index (χ4v) is 3.79. The van der Waals surface area contributed by atoms with E-state index in [1.165, 1.54) is 0 Å². The fourth-order valence-electron chi connectivity index (χ4n) is 1.72. The highest BCUT2D eigenvalue weighted by molar-refractivity contribution is 8.00. The number of fused-ring (bicyclic) bond motifs is 1. The number of thiazole rings is 1. The standard InChI is InChI=1S/C14H13ClN2OS2/c1-8(2)11-6-16-13(18-11)7-19-14-17-10-5-9(15)3-4-12(10)20-14/h3-6,8H,7H2,1-2H3. The zero-order chi connectivity index (χ0) is 14.1. The third-order valence-electron chi connectivity index (χ3n) is 2.79. The molecule has 1 aromatic carbocycles. The molecule has 104 valence electrons. The molecule has 0 saturated heterocycles. The van der Waals surface area contributed by atoms with Gasteiger partial charge in [-0.05, 0) is 18.2 Å². The molecule has 2 aromatic heterocycles. The van der Waals surface area contributed by atoms with E-state index in [9.17, 15) is 0 Å². The molecule has 0 aliphatic rings. The molecule has 0 N–H and O–H groups in total. The second kappa shape index (κ2) is 5.76. The van der Waals surface area contributed by atoms with Crippen molar-refractivity contribution in [2.24, 2.45) is 0 Å². The van der Waals surface area contributed by atoms with Gasteiger partial charge in [-0.2, -0.15) is 0 Å². The van der Waals surface area contributed by atoms with Crippen LogP contribution in [0.5, 0.6) is 0 Å². The third kappa shape index (κ3) is 3.00. The lowest BCUT2D eigenvalue weighted by atomic mass is 10.2. The third-order valence-corrected chi connectivity index (χ3v) is 5.19. The lowest BCUT2D eigenvalue weighted by Gasteiger charge is -1.96. The van der Waals surface area contributed by atoms with Gasteiger partial charge in [0.25, 0.3) is 0 Å². The van der Waals surface area contributed by atoms with Crippen molar-refractivity contribution >= 4 is 44.9 Å². The van der Waals surface area contributed by atoms with Crippen LogP contribution in [0.25, 0.3) is 10.2 Å². The van der Waals surface area contributed by atoms with Crippen molar-refractivity contribution in [2.75, 3.05) is 0 Å². The molecule has 0 aliphatic carbocycles. The maximum Gasteiger partial charge on any atom is 0.204 e. The highest BCUT2D eigenvalue weighted by atomic mass is 35.5. The number of hydrogen-bond acceptors (Lipinski definition) is 5. The second-order valence-corrected chi connectivity index (χ2v) is 7.38. The molecule has 6 heteroatoms. The smallest absolute Gasteiger partial charge is 0.204 e. The summed E-state index contributed by atoms with van der Waals surface area (Å²) >= 11 is 9.27. The van der Waals surface area contributed by atoms with Crippen LogP contribution >= 0.6 is 34.7 Å². The van der Waals surface area contributed by atoms with Gasteiger partial charge < -0.3 is 4.42 Å². The summed E-state index contributed by atoms with van der Waals surface area (Å²) in [7, 11) is 0. The molecular weight excluding hydrogens is 312 g/mol. The van der Waals surface area contributed by atoms with E-state index >= 15 is 0 Å². The topological polar surface area (TPSA) is 38.9 Å². The summed E-state index contributed by atoms with van der Waals surface area (Å²) in [5, 5.41) is 0.716. The zero-order valence-electron chi connectivity index (χ0n) is 11.1. The molecule has 0 unspecified atom stereocenters. The maximum atomic E-state index is 5.97. The van der Waals surface area contributed by atoms with Crippen molar-refractivity contribution in [3.63, 3.8) is 0 Å². The van der Waals surface area contributed by atoms with Gasteiger partial charge in [0, 0.05) is 10.9 Å². The van der Waals surface area contributed by atoms with Gasteiger partial charge in [0.05, 0.1) is 22.2 Å². The Bertz CT molecular complexity index is 736. The van der Waals surface area contributed by atoms with E-state index in [1.807, 2.05) is 18.2 Å². The van der Waals surface area contributed by atoms with E-state index in [4.69, 9.17) is 16.0 Å². The monoisotopic (exact) mass is 324 g/mol. The van der Waals surface area contributed by atoms with Gasteiger partial charge in [0.15, 0.2) is 4.34 Å². The molecule has 20 heavy (non-hydrogen) atoms. The van der Waals surface area contributed by atoms with Crippen molar-refractivity contribution in [2.45, 2.75) is 29.9 Å². The Hall–Kier alpha value is -1.04. The molecule has 0 fully saturated rings. The average molecular weight is 325 g/mol. The molecule has 0 amide bonds. The first kappa shape index (κ1) is 13.9. The predicted molar refractivity (Wildman–Crippen MR) is 84.8 cm³/mol. The minimum Gasteiger partial charge on any atom is -0.445 e. The van der Waals surface area contributed by atoms with Crippen LogP contribution in [0, 0.1) is 0 Å². The summed E-state index contributed by atoms with van der Waals surface area (Å²) in [4.78, 5) is 8.85. The molecule has 0 spiro atoms. The average Bonchev–Trinajstić information content (AvgIpc) is 3.01. The van der Waals surface area contributed by atoms with Gasteiger partial charge in [0.1, 0.15) is 5.76 Å². The van der Waals surface area contributed by atoms with Crippen LogP contribution < -0.4 is 0 Å². The van der Waals surface area contributed by atoms with E-state index < -0.39 is 0 Å². The van der Waals surface area contributed by atoms with Gasteiger partial charge in [-0.25, -0.2) is 9.97 Å². The van der Waals surface area contributed by atoms with Crippen LogP contribution in [0.4, 0.5) is 0 Å². The first-order valence-electron chi connectivity index (χ1n) is 6.25. The molecule has 0 bridgehead atoms. The van der Waals surface area contributed by atoms with Crippen LogP contribution in [0.3, 0.4) is 0 Å². The fraction of sp³-hybridized carbons (Fsp3) is 0.286. The van der Waals surface area contributed by atoms with Gasteiger partial charge in [-0.3, -0.25) is 0 Å². The zero-order valence-corrected chi connectivity index (χ0v) is 13.5. The summed E-state index contributed by atoms with van der Waals surface area (Å²) in [6.45, 7) is 4.18. The number of benzene rings is 1. The summed E-state index contributed by atoms with van der Waals surface area (Å²) < 4.78 is 7.84. The molecule has 0 aliphatic heterocycles. The van der Waals surface area contributed by atoms with E-state index in [2.05, 4.69) is 23.8 Å². The van der Waals surface area contributed by atoms with Crippen molar-refractivity contribution in [3.8, 4) is 0 Å². The molecule has 0 radical (unpaired) electrons. The van der Waals surface area contributed by atoms with Gasteiger partial charge in [-0.15, -0.1) is 11.3 Å². The largest absolute Gasteiger partial charge is 0.445 e. The van der Waals surface area contributed by atoms with Gasteiger partial charge in [0.2, 0.25) is 5.89 Å². The lowest BCUT2D eigenvalue weighted by Crippen LogP contribution is -1.81. The Morgan fingerprint density at radius 2 is 2.25 bits per heavy atom. The quantitative estimate of drug-likeness (QED) is 0.606. The Morgan fingerprint density at radius 3 is 3.00 bits per heavy atom. The van der Waals surface area contributed by atoms with Crippen molar-refractivity contribution < 1.29 is 4.42 Å². The predicted octanol–water partition coefficient (Wildman–Crippen LogP) is 5.35. The van der Waals surface area contributed by atoms with Crippen LogP contribution in [0.15, 0.2) is 33.2 Å². The summed E-state index contributed by atoms with van der Waals surface area (Å²) in [5.41, 5.74) is 0.945. The number of rotatable bonds is 4. The van der Waals surface area contributed by atoms with E-state index in [0.717, 1.165) is 26.2 Å². The summed E-state index contributed by atoms with van der Waals surface area (Å²) in [6, 6.07) is 5.78. The SMILES string of the molecule is CC(C)c1cnc(CSc2nc3cc(Cl)ccc3s2)o1. The number of oxazole rings is 1. The Morgan fingerprint density at radius 1 is 1.40 bits per heavy atom. The molecule has 0 saturated carbocycles. The summed E-state index contributed by atoms with van der Waals surface area (Å²) in [5.74, 6) is 2.74. The Balaban J connectivity index is 1.72. The molecule has 2 heterocycles. The van der Waals surface area contributed by atoms with Crippen LogP contribution in [-0.2, 0) is 5.75 Å². The number of nitrogens with zero attached hydrogens (tertiary/aromatic N) is 2. The van der Waals surface area contributed by atoms with Crippen molar-refractivity contribution in [1.29, 1.82) is 0 Å². The lowest BCUT2D eigenvalue weighted by molar-refractivity contribution is 0.454. The normalized spacial score (nSPS) is 11.6. The highest BCUT2D eigenvalue weighted by Gasteiger charge is 2.10. The highest BCUT2D eigenvalue weighted by Crippen LogP contribution is 2.32. The molecule has 0 atom stereocenters. The maximum absolute atomic E-state index is 5.97. The van der Waals surface area contributed by atoms with Crippen LogP contribution in [0.1, 0.15) is 31.4 Å². The molecule has 3 nitrogen and oxygen atoms in total. The van der Waals surface area contributed by atoms with E-state index in [1.54, 1.807) is 29.3 Å². The minimum atomic E-state index is 0.367. The number of halogens is 1. The second-order valence-electron chi connectivity index (χ2n) is 4.69. The Labute approximate surface area is 130 Å². The molecular formula is C14H13ClN2OS2. The Kier molecular flexibility index (Phi) is 4.01. The first-order chi connectivity index (χ1) is 9.61. The van der Waals surface area contributed by atoms with Crippen LogP contribution in [-0.4, -0.2) is 9.97 Å². The van der Waals surface area contributed by atoms with Crippen LogP contribution in [0.2, 0.25) is 5.02 Å². The van der Waals surface area contributed by atoms with Crippen molar-refractivity contribution in [3.05, 3.63) is 41.1 Å². The van der Waals surface area contributed by atoms with Gasteiger partial charge in [-0.1, -0.05) is 37.2 Å². The first-order valence-corrected chi connectivity index (χ1v) is 8.43. The summed E-state index contributed by atoms with van der Waals surface area (Å²) in [6.07, 6.45) is 1.80. The number of thioether (sulfide) groups is 1. The minimum absolute atomic E-state index is 0.367. The van der Waals surface area contributed by atoms with E-state index in [-0.39, 0.29) is 0 Å². The molecule has 3 rings (SSSR count). The van der Waals surface area contributed by atoms with E-state index in [0.29, 0.717) is 16.7 Å². The van der Waals surface area contributed by atoms with Crippen molar-refractivity contribution in [1.82, 2.24) is 9.97 Å². The molecule has 3 aromatic rings.